The van der Waals surface area contributed by atoms with Crippen LogP contribution in [0.1, 0.15) is 29.1 Å². The first-order valence-electron chi connectivity index (χ1n) is 6.58. The van der Waals surface area contributed by atoms with Crippen LogP contribution < -0.4 is 14.8 Å². The van der Waals surface area contributed by atoms with Gasteiger partial charge in [0.2, 0.25) is 6.23 Å². The van der Waals surface area contributed by atoms with Crippen molar-refractivity contribution in [1.82, 2.24) is 5.32 Å². The third-order valence-corrected chi connectivity index (χ3v) is 3.14. The molecule has 1 aliphatic rings. The molecular weight excluding hydrogens is 254 g/mol. The highest BCUT2D eigenvalue weighted by Crippen LogP contribution is 2.32. The van der Waals surface area contributed by atoms with E-state index in [9.17, 15) is 4.79 Å². The summed E-state index contributed by atoms with van der Waals surface area (Å²) in [5, 5.41) is 2.85. The highest BCUT2D eigenvalue weighted by atomic mass is 16.5. The Balaban J connectivity index is 1.96. The summed E-state index contributed by atoms with van der Waals surface area (Å²) in [6.45, 7) is 2.49. The van der Waals surface area contributed by atoms with Gasteiger partial charge in [-0.1, -0.05) is 24.3 Å². The molecule has 20 heavy (non-hydrogen) atoms. The van der Waals surface area contributed by atoms with Gasteiger partial charge >= 0.3 is 0 Å². The van der Waals surface area contributed by atoms with E-state index in [0.29, 0.717) is 17.9 Å². The fourth-order valence-corrected chi connectivity index (χ4v) is 2.24. The largest absolute Gasteiger partial charge is 0.493 e. The van der Waals surface area contributed by atoms with Crippen LogP contribution >= 0.6 is 0 Å². The summed E-state index contributed by atoms with van der Waals surface area (Å²) < 4.78 is 11.4. The fourth-order valence-electron chi connectivity index (χ4n) is 2.24. The molecule has 0 radical (unpaired) electrons. The van der Waals surface area contributed by atoms with E-state index in [1.165, 1.54) is 0 Å². The number of fused-ring (bicyclic) bond motifs is 1. The van der Waals surface area contributed by atoms with Gasteiger partial charge in [-0.05, 0) is 31.2 Å². The zero-order chi connectivity index (χ0) is 13.9. The predicted molar refractivity (Wildman–Crippen MR) is 74.9 cm³/mol. The van der Waals surface area contributed by atoms with Gasteiger partial charge < -0.3 is 14.8 Å². The molecule has 3 rings (SSSR count). The van der Waals surface area contributed by atoms with Crippen LogP contribution in [-0.2, 0) is 0 Å². The fraction of sp³-hybridized carbons (Fsp3) is 0.188. The van der Waals surface area contributed by atoms with E-state index in [1.54, 1.807) is 12.1 Å². The summed E-state index contributed by atoms with van der Waals surface area (Å²) in [6, 6.07) is 14.8. The SMILES string of the molecule is CCOc1ccccc1C1NC(=O)c2ccccc2O1. The number of carbonyl (C=O) groups is 1. The van der Waals surface area contributed by atoms with E-state index < -0.39 is 6.23 Å². The van der Waals surface area contributed by atoms with E-state index >= 15 is 0 Å². The lowest BCUT2D eigenvalue weighted by atomic mass is 10.1. The van der Waals surface area contributed by atoms with Crippen LogP contribution in [0.25, 0.3) is 0 Å². The summed E-state index contributed by atoms with van der Waals surface area (Å²) >= 11 is 0. The minimum Gasteiger partial charge on any atom is -0.493 e. The summed E-state index contributed by atoms with van der Waals surface area (Å²) in [4.78, 5) is 12.1. The second-order valence-electron chi connectivity index (χ2n) is 4.44. The first-order chi connectivity index (χ1) is 9.79. The Morgan fingerprint density at radius 2 is 1.90 bits per heavy atom. The van der Waals surface area contributed by atoms with Gasteiger partial charge in [-0.15, -0.1) is 0 Å². The van der Waals surface area contributed by atoms with Crippen LogP contribution in [-0.4, -0.2) is 12.5 Å². The maximum absolute atomic E-state index is 12.1. The lowest BCUT2D eigenvalue weighted by molar-refractivity contribution is 0.0750. The van der Waals surface area contributed by atoms with Gasteiger partial charge in [-0.3, -0.25) is 4.79 Å². The van der Waals surface area contributed by atoms with E-state index in [2.05, 4.69) is 5.32 Å². The Hall–Kier alpha value is -2.49. The zero-order valence-corrected chi connectivity index (χ0v) is 11.1. The lowest BCUT2D eigenvalue weighted by Gasteiger charge is -2.28. The van der Waals surface area contributed by atoms with Crippen LogP contribution in [0.2, 0.25) is 0 Å². The summed E-state index contributed by atoms with van der Waals surface area (Å²) in [7, 11) is 0. The number of amides is 1. The van der Waals surface area contributed by atoms with Crippen molar-refractivity contribution in [3.05, 3.63) is 59.7 Å². The Bertz CT molecular complexity index is 639. The molecule has 0 fully saturated rings. The molecule has 0 saturated carbocycles. The number of carbonyl (C=O) groups excluding carboxylic acids is 1. The highest BCUT2D eigenvalue weighted by molar-refractivity contribution is 5.98. The normalized spacial score (nSPS) is 16.9. The molecule has 1 heterocycles. The average Bonchev–Trinajstić information content (AvgIpc) is 2.48. The van der Waals surface area contributed by atoms with Crippen molar-refractivity contribution < 1.29 is 14.3 Å². The molecule has 0 aromatic heterocycles. The van der Waals surface area contributed by atoms with Crippen molar-refractivity contribution in [2.75, 3.05) is 6.61 Å². The topological polar surface area (TPSA) is 47.6 Å². The molecule has 1 unspecified atom stereocenters. The molecule has 4 heteroatoms. The number of para-hydroxylation sites is 2. The zero-order valence-electron chi connectivity index (χ0n) is 11.1. The molecule has 2 aromatic rings. The molecule has 0 saturated heterocycles. The quantitative estimate of drug-likeness (QED) is 0.932. The van der Waals surface area contributed by atoms with Crippen molar-refractivity contribution in [1.29, 1.82) is 0 Å². The van der Waals surface area contributed by atoms with Crippen molar-refractivity contribution in [2.45, 2.75) is 13.2 Å². The van der Waals surface area contributed by atoms with Crippen LogP contribution in [0, 0.1) is 0 Å². The molecule has 102 valence electrons. The Kier molecular flexibility index (Phi) is 3.29. The maximum atomic E-state index is 12.1. The molecule has 1 amide bonds. The van der Waals surface area contributed by atoms with E-state index in [1.807, 2.05) is 43.3 Å². The maximum Gasteiger partial charge on any atom is 0.258 e. The van der Waals surface area contributed by atoms with Gasteiger partial charge in [0.25, 0.3) is 5.91 Å². The predicted octanol–water partition coefficient (Wildman–Crippen LogP) is 2.91. The van der Waals surface area contributed by atoms with Gasteiger partial charge in [0.15, 0.2) is 0 Å². The van der Waals surface area contributed by atoms with Gasteiger partial charge in [0, 0.05) is 0 Å². The van der Waals surface area contributed by atoms with Gasteiger partial charge in [0.05, 0.1) is 17.7 Å². The molecule has 0 spiro atoms. The minimum absolute atomic E-state index is 0.136. The van der Waals surface area contributed by atoms with Gasteiger partial charge in [-0.25, -0.2) is 0 Å². The molecule has 0 aliphatic carbocycles. The second-order valence-corrected chi connectivity index (χ2v) is 4.44. The van der Waals surface area contributed by atoms with Crippen molar-refractivity contribution in [3.63, 3.8) is 0 Å². The Morgan fingerprint density at radius 3 is 2.75 bits per heavy atom. The van der Waals surface area contributed by atoms with Crippen molar-refractivity contribution in [3.8, 4) is 11.5 Å². The number of hydrogen-bond acceptors (Lipinski definition) is 3. The summed E-state index contributed by atoms with van der Waals surface area (Å²) in [5.41, 5.74) is 1.37. The second kappa shape index (κ2) is 5.25. The lowest BCUT2D eigenvalue weighted by Crippen LogP contribution is -2.36. The molecule has 1 N–H and O–H groups in total. The van der Waals surface area contributed by atoms with E-state index in [0.717, 1.165) is 11.3 Å². The number of ether oxygens (including phenoxy) is 2. The molecule has 4 nitrogen and oxygen atoms in total. The van der Waals surface area contributed by atoms with Crippen LogP contribution in [0.15, 0.2) is 48.5 Å². The van der Waals surface area contributed by atoms with E-state index in [-0.39, 0.29) is 5.91 Å². The molecule has 0 bridgehead atoms. The first-order valence-corrected chi connectivity index (χ1v) is 6.58. The van der Waals surface area contributed by atoms with Crippen LogP contribution in [0.4, 0.5) is 0 Å². The first kappa shape index (κ1) is 12.5. The van der Waals surface area contributed by atoms with Gasteiger partial charge in [-0.2, -0.15) is 0 Å². The number of rotatable bonds is 3. The Labute approximate surface area is 117 Å². The summed E-state index contributed by atoms with van der Waals surface area (Å²) in [5.74, 6) is 1.18. The smallest absolute Gasteiger partial charge is 0.258 e. The highest BCUT2D eigenvalue weighted by Gasteiger charge is 2.27. The third-order valence-electron chi connectivity index (χ3n) is 3.14. The molecular formula is C16H15NO3. The number of benzene rings is 2. The Morgan fingerprint density at radius 1 is 1.15 bits per heavy atom. The van der Waals surface area contributed by atoms with Crippen LogP contribution in [0.3, 0.4) is 0 Å². The molecule has 2 aromatic carbocycles. The number of hydrogen-bond donors (Lipinski definition) is 1. The summed E-state index contributed by atoms with van der Waals surface area (Å²) in [6.07, 6.45) is -0.528. The third kappa shape index (κ3) is 2.20. The average molecular weight is 269 g/mol. The molecule has 1 aliphatic heterocycles. The van der Waals surface area contributed by atoms with Crippen molar-refractivity contribution >= 4 is 5.91 Å². The minimum atomic E-state index is -0.528. The number of nitrogens with one attached hydrogen (secondary N) is 1. The molecule has 1 atom stereocenters. The monoisotopic (exact) mass is 269 g/mol. The standard InChI is InChI=1S/C16H15NO3/c1-2-19-13-9-5-4-8-12(13)16-17-15(18)11-7-3-6-10-14(11)20-16/h3-10,16H,2H2,1H3,(H,17,18). The van der Waals surface area contributed by atoms with Crippen LogP contribution in [0.5, 0.6) is 11.5 Å². The van der Waals surface area contributed by atoms with Gasteiger partial charge in [0.1, 0.15) is 11.5 Å². The van der Waals surface area contributed by atoms with Crippen molar-refractivity contribution in [2.24, 2.45) is 0 Å². The van der Waals surface area contributed by atoms with E-state index in [4.69, 9.17) is 9.47 Å².